The van der Waals surface area contributed by atoms with Crippen molar-refractivity contribution in [3.8, 4) is 0 Å². The molecule has 1 aliphatic rings. The van der Waals surface area contributed by atoms with Crippen LogP contribution in [0.1, 0.15) is 79.6 Å². The maximum Gasteiger partial charge on any atom is 0.0107 e. The van der Waals surface area contributed by atoms with Crippen LogP contribution in [-0.4, -0.2) is 0 Å². The summed E-state index contributed by atoms with van der Waals surface area (Å²) >= 11 is 0. The fraction of sp³-hybridized carbons (Fsp3) is 0.800. The Hall–Kier alpha value is -0.720. The quantitative estimate of drug-likeness (QED) is 0.591. The first-order chi connectivity index (χ1) is 9.84. The molecule has 2 unspecified atom stereocenters. The normalized spacial score (nSPS) is 22.3. The van der Waals surface area contributed by atoms with Crippen molar-refractivity contribution in [1.82, 2.24) is 0 Å². The molecule has 0 bridgehead atoms. The summed E-state index contributed by atoms with van der Waals surface area (Å²) in [7, 11) is 0. The van der Waals surface area contributed by atoms with Gasteiger partial charge in [-0.25, -0.2) is 0 Å². The van der Waals surface area contributed by atoms with E-state index in [1.807, 2.05) is 0 Å². The summed E-state index contributed by atoms with van der Waals surface area (Å²) < 4.78 is 0. The number of allylic oxidation sites excluding steroid dienone is 3. The summed E-state index contributed by atoms with van der Waals surface area (Å²) in [6.45, 7) is 15.7. The lowest BCUT2D eigenvalue weighted by Gasteiger charge is -2.29. The lowest BCUT2D eigenvalue weighted by molar-refractivity contribution is 0.407. The van der Waals surface area contributed by atoms with Gasteiger partial charge in [0.05, 0.1) is 0 Å². The fourth-order valence-corrected chi connectivity index (χ4v) is 3.29. The standard InChI is InChI=1S/C20H37N/c1-14(2)16(5)12-13-18-10-8-7-9-11-19(20(18)21)17(6)15(3)4/h14-15,17-18H,5,7-13,21H2,1-4,6H3. The highest BCUT2D eigenvalue weighted by Crippen LogP contribution is 2.35. The van der Waals surface area contributed by atoms with Gasteiger partial charge in [0.1, 0.15) is 0 Å². The van der Waals surface area contributed by atoms with Crippen LogP contribution in [0.4, 0.5) is 0 Å². The predicted octanol–water partition coefficient (Wildman–Crippen LogP) is 6.06. The van der Waals surface area contributed by atoms with E-state index < -0.39 is 0 Å². The molecule has 0 aromatic rings. The van der Waals surface area contributed by atoms with Gasteiger partial charge in [0.25, 0.3) is 0 Å². The second-order valence-electron chi connectivity index (χ2n) is 7.66. The molecule has 1 rings (SSSR count). The molecule has 0 aliphatic heterocycles. The Balaban J connectivity index is 2.85. The molecule has 0 amide bonds. The summed E-state index contributed by atoms with van der Waals surface area (Å²) in [5.41, 5.74) is 10.8. The molecule has 0 aromatic carbocycles. The molecular weight excluding hydrogens is 254 g/mol. The van der Waals surface area contributed by atoms with Crippen LogP contribution >= 0.6 is 0 Å². The van der Waals surface area contributed by atoms with Gasteiger partial charge in [-0.1, -0.05) is 59.6 Å². The van der Waals surface area contributed by atoms with Gasteiger partial charge in [-0.2, -0.15) is 0 Å². The molecule has 0 radical (unpaired) electrons. The number of hydrogen-bond donors (Lipinski definition) is 1. The molecule has 2 atom stereocenters. The lowest BCUT2D eigenvalue weighted by atomic mass is 9.79. The van der Waals surface area contributed by atoms with Crippen molar-refractivity contribution < 1.29 is 0 Å². The van der Waals surface area contributed by atoms with Gasteiger partial charge in [0.15, 0.2) is 0 Å². The van der Waals surface area contributed by atoms with E-state index in [4.69, 9.17) is 5.73 Å². The molecule has 122 valence electrons. The topological polar surface area (TPSA) is 26.0 Å². The molecule has 1 heteroatoms. The predicted molar refractivity (Wildman–Crippen MR) is 95.0 cm³/mol. The largest absolute Gasteiger partial charge is 0.402 e. The second kappa shape index (κ2) is 8.66. The van der Waals surface area contributed by atoms with E-state index >= 15 is 0 Å². The van der Waals surface area contributed by atoms with Crippen molar-refractivity contribution in [2.45, 2.75) is 79.6 Å². The average Bonchev–Trinajstić information content (AvgIpc) is 2.41. The molecule has 21 heavy (non-hydrogen) atoms. The molecule has 1 nitrogen and oxygen atoms in total. The Morgan fingerprint density at radius 1 is 1.14 bits per heavy atom. The molecule has 0 saturated heterocycles. The maximum atomic E-state index is 6.64. The van der Waals surface area contributed by atoms with Gasteiger partial charge in [-0.15, -0.1) is 0 Å². The van der Waals surface area contributed by atoms with Crippen LogP contribution in [0, 0.1) is 23.7 Å². The number of nitrogens with two attached hydrogens (primary N) is 1. The summed E-state index contributed by atoms with van der Waals surface area (Å²) in [4.78, 5) is 0. The highest BCUT2D eigenvalue weighted by molar-refractivity contribution is 5.18. The molecular formula is C20H37N. The van der Waals surface area contributed by atoms with E-state index in [1.54, 1.807) is 5.57 Å². The minimum atomic E-state index is 0.581. The maximum absolute atomic E-state index is 6.64. The van der Waals surface area contributed by atoms with Crippen LogP contribution < -0.4 is 5.73 Å². The monoisotopic (exact) mass is 291 g/mol. The smallest absolute Gasteiger partial charge is 0.0107 e. The van der Waals surface area contributed by atoms with Gasteiger partial charge in [-0.3, -0.25) is 0 Å². The Labute approximate surface area is 133 Å². The van der Waals surface area contributed by atoms with Crippen LogP contribution in [0.15, 0.2) is 23.4 Å². The molecule has 1 aliphatic carbocycles. The minimum absolute atomic E-state index is 0.581. The van der Waals surface area contributed by atoms with Crippen molar-refractivity contribution >= 4 is 0 Å². The first-order valence-electron chi connectivity index (χ1n) is 9.00. The third kappa shape index (κ3) is 5.52. The van der Waals surface area contributed by atoms with E-state index in [0.717, 1.165) is 6.42 Å². The average molecular weight is 292 g/mol. The van der Waals surface area contributed by atoms with E-state index in [9.17, 15) is 0 Å². The third-order valence-corrected chi connectivity index (χ3v) is 5.49. The summed E-state index contributed by atoms with van der Waals surface area (Å²) in [5, 5.41) is 0. The summed E-state index contributed by atoms with van der Waals surface area (Å²) in [6.07, 6.45) is 8.83. The second-order valence-corrected chi connectivity index (χ2v) is 7.66. The highest BCUT2D eigenvalue weighted by atomic mass is 14.6. The summed E-state index contributed by atoms with van der Waals surface area (Å²) in [5.74, 6) is 2.48. The first-order valence-corrected chi connectivity index (χ1v) is 9.00. The van der Waals surface area contributed by atoms with Gasteiger partial charge in [0.2, 0.25) is 0 Å². The van der Waals surface area contributed by atoms with E-state index in [0.29, 0.717) is 23.7 Å². The van der Waals surface area contributed by atoms with Crippen LogP contribution in [0.2, 0.25) is 0 Å². The van der Waals surface area contributed by atoms with Crippen molar-refractivity contribution in [3.63, 3.8) is 0 Å². The third-order valence-electron chi connectivity index (χ3n) is 5.49. The van der Waals surface area contributed by atoms with Crippen molar-refractivity contribution in [3.05, 3.63) is 23.4 Å². The molecule has 0 aromatic heterocycles. The lowest BCUT2D eigenvalue weighted by Crippen LogP contribution is -2.22. The Bertz CT molecular complexity index is 362. The van der Waals surface area contributed by atoms with Crippen molar-refractivity contribution in [2.75, 3.05) is 0 Å². The van der Waals surface area contributed by atoms with Gasteiger partial charge >= 0.3 is 0 Å². The molecule has 0 spiro atoms. The van der Waals surface area contributed by atoms with Crippen molar-refractivity contribution in [2.24, 2.45) is 29.4 Å². The zero-order valence-corrected chi connectivity index (χ0v) is 15.0. The van der Waals surface area contributed by atoms with Crippen LogP contribution in [0.5, 0.6) is 0 Å². The van der Waals surface area contributed by atoms with E-state index in [-0.39, 0.29) is 0 Å². The number of rotatable bonds is 6. The SMILES string of the molecule is C=C(CCC1CCCCCC(C(C)C(C)C)=C1N)C(C)C. The molecule has 0 fully saturated rings. The van der Waals surface area contributed by atoms with Crippen molar-refractivity contribution in [1.29, 1.82) is 0 Å². The Kier molecular flexibility index (Phi) is 7.56. The van der Waals surface area contributed by atoms with Crippen LogP contribution in [-0.2, 0) is 0 Å². The van der Waals surface area contributed by atoms with E-state index in [2.05, 4.69) is 41.2 Å². The molecule has 2 N–H and O–H groups in total. The Morgan fingerprint density at radius 3 is 2.38 bits per heavy atom. The minimum Gasteiger partial charge on any atom is -0.402 e. The van der Waals surface area contributed by atoms with Gasteiger partial charge in [-0.05, 0) is 61.3 Å². The molecule has 0 heterocycles. The first kappa shape index (κ1) is 18.3. The van der Waals surface area contributed by atoms with Gasteiger partial charge in [0, 0.05) is 5.70 Å². The number of hydrogen-bond acceptors (Lipinski definition) is 1. The van der Waals surface area contributed by atoms with Gasteiger partial charge < -0.3 is 5.73 Å². The zero-order valence-electron chi connectivity index (χ0n) is 15.0. The van der Waals surface area contributed by atoms with Crippen LogP contribution in [0.25, 0.3) is 0 Å². The molecule has 0 saturated carbocycles. The zero-order chi connectivity index (χ0) is 16.0. The summed E-state index contributed by atoms with van der Waals surface area (Å²) in [6, 6.07) is 0. The van der Waals surface area contributed by atoms with E-state index in [1.165, 1.54) is 49.8 Å². The van der Waals surface area contributed by atoms with Crippen LogP contribution in [0.3, 0.4) is 0 Å². The highest BCUT2D eigenvalue weighted by Gasteiger charge is 2.23. The fourth-order valence-electron chi connectivity index (χ4n) is 3.29. The Morgan fingerprint density at radius 2 is 1.81 bits per heavy atom.